The first-order valence-electron chi connectivity index (χ1n) is 6.06. The third-order valence-electron chi connectivity index (χ3n) is 3.11. The number of benzene rings is 2. The summed E-state index contributed by atoms with van der Waals surface area (Å²) in [6.07, 6.45) is -1.45. The summed E-state index contributed by atoms with van der Waals surface area (Å²) in [5.74, 6) is 0.312. The Morgan fingerprint density at radius 2 is 1.84 bits per heavy atom. The van der Waals surface area contributed by atoms with E-state index >= 15 is 0 Å². The summed E-state index contributed by atoms with van der Waals surface area (Å²) in [6.45, 7) is 0.187. The largest absolute Gasteiger partial charge is 0.489 e. The number of hydrogen-bond donors (Lipinski definition) is 1. The summed E-state index contributed by atoms with van der Waals surface area (Å²) in [6, 6.07) is 13.3. The van der Waals surface area contributed by atoms with Crippen molar-refractivity contribution < 1.29 is 19.0 Å². The number of aliphatic hydroxyl groups is 1. The highest BCUT2D eigenvalue weighted by molar-refractivity contribution is 5.37. The van der Waals surface area contributed by atoms with Gasteiger partial charge in [0, 0.05) is 5.56 Å². The molecular formula is C15H13FO3. The van der Waals surface area contributed by atoms with Crippen molar-refractivity contribution in [3.63, 3.8) is 0 Å². The highest BCUT2D eigenvalue weighted by Crippen LogP contribution is 2.34. The van der Waals surface area contributed by atoms with Crippen LogP contribution in [-0.4, -0.2) is 17.8 Å². The van der Waals surface area contributed by atoms with Crippen molar-refractivity contribution >= 4 is 0 Å². The molecule has 1 N–H and O–H groups in total. The fourth-order valence-corrected chi connectivity index (χ4v) is 2.12. The topological polar surface area (TPSA) is 38.7 Å². The van der Waals surface area contributed by atoms with Gasteiger partial charge in [-0.3, -0.25) is 0 Å². The highest BCUT2D eigenvalue weighted by Gasteiger charge is 2.31. The van der Waals surface area contributed by atoms with Gasteiger partial charge in [-0.05, 0) is 18.2 Å². The third kappa shape index (κ3) is 2.27. The second kappa shape index (κ2) is 4.90. The van der Waals surface area contributed by atoms with Crippen molar-refractivity contribution in [2.45, 2.75) is 12.2 Å². The molecule has 4 heteroatoms. The van der Waals surface area contributed by atoms with E-state index in [2.05, 4.69) is 0 Å². The fraction of sp³-hybridized carbons (Fsp3) is 0.200. The van der Waals surface area contributed by atoms with Gasteiger partial charge in [-0.25, -0.2) is 4.39 Å². The molecule has 0 saturated carbocycles. The monoisotopic (exact) mass is 260 g/mol. The van der Waals surface area contributed by atoms with Gasteiger partial charge in [0.25, 0.3) is 0 Å². The Morgan fingerprint density at radius 3 is 2.68 bits per heavy atom. The lowest BCUT2D eigenvalue weighted by molar-refractivity contribution is -0.0120. The molecule has 98 valence electrons. The predicted octanol–water partition coefficient (Wildman–Crippen LogP) is 2.70. The standard InChI is InChI=1S/C15H13FO3/c16-11-6-2-4-8-13(11)19-14-9-18-12-7-3-1-5-10(12)15(14)17/h1-8,14-15,17H,9H2. The Balaban J connectivity index is 1.83. The van der Waals surface area contributed by atoms with E-state index in [1.165, 1.54) is 12.1 Å². The Kier molecular flexibility index (Phi) is 3.09. The van der Waals surface area contributed by atoms with Gasteiger partial charge in [0.05, 0.1) is 0 Å². The van der Waals surface area contributed by atoms with Crippen LogP contribution in [0.25, 0.3) is 0 Å². The maximum Gasteiger partial charge on any atom is 0.165 e. The summed E-state index contributed by atoms with van der Waals surface area (Å²) in [7, 11) is 0. The molecule has 2 aromatic rings. The summed E-state index contributed by atoms with van der Waals surface area (Å²) >= 11 is 0. The van der Waals surface area contributed by atoms with Crippen molar-refractivity contribution in [3.8, 4) is 11.5 Å². The molecule has 1 aliphatic heterocycles. The second-order valence-corrected chi connectivity index (χ2v) is 4.38. The van der Waals surface area contributed by atoms with Crippen molar-refractivity contribution in [2.75, 3.05) is 6.61 Å². The zero-order valence-electron chi connectivity index (χ0n) is 10.1. The molecule has 2 atom stereocenters. The number of hydrogen-bond acceptors (Lipinski definition) is 3. The van der Waals surface area contributed by atoms with Gasteiger partial charge < -0.3 is 14.6 Å². The molecule has 2 aromatic carbocycles. The van der Waals surface area contributed by atoms with Crippen LogP contribution in [-0.2, 0) is 0 Å². The number of halogens is 1. The molecule has 0 aliphatic carbocycles. The van der Waals surface area contributed by atoms with Crippen LogP contribution >= 0.6 is 0 Å². The van der Waals surface area contributed by atoms with Gasteiger partial charge in [-0.2, -0.15) is 0 Å². The highest BCUT2D eigenvalue weighted by atomic mass is 19.1. The fourth-order valence-electron chi connectivity index (χ4n) is 2.12. The normalized spacial score (nSPS) is 21.4. The van der Waals surface area contributed by atoms with Gasteiger partial charge >= 0.3 is 0 Å². The summed E-state index contributed by atoms with van der Waals surface area (Å²) in [5, 5.41) is 10.2. The first kappa shape index (κ1) is 12.0. The van der Waals surface area contributed by atoms with E-state index in [1.807, 2.05) is 12.1 Å². The predicted molar refractivity (Wildman–Crippen MR) is 67.7 cm³/mol. The molecule has 0 radical (unpaired) electrons. The average Bonchev–Trinajstić information content (AvgIpc) is 2.44. The van der Waals surface area contributed by atoms with Crippen LogP contribution in [0.4, 0.5) is 4.39 Å². The van der Waals surface area contributed by atoms with Gasteiger partial charge in [-0.15, -0.1) is 0 Å². The Labute approximate surface area is 110 Å². The first-order chi connectivity index (χ1) is 9.25. The van der Waals surface area contributed by atoms with Crippen LogP contribution in [0.15, 0.2) is 48.5 Å². The third-order valence-corrected chi connectivity index (χ3v) is 3.11. The van der Waals surface area contributed by atoms with Gasteiger partial charge in [-0.1, -0.05) is 30.3 Å². The number of aliphatic hydroxyl groups excluding tert-OH is 1. The van der Waals surface area contributed by atoms with E-state index in [-0.39, 0.29) is 12.4 Å². The molecule has 2 unspecified atom stereocenters. The first-order valence-corrected chi connectivity index (χ1v) is 6.06. The minimum atomic E-state index is -0.829. The van der Waals surface area contributed by atoms with Crippen LogP contribution in [0.5, 0.6) is 11.5 Å². The zero-order chi connectivity index (χ0) is 13.2. The smallest absolute Gasteiger partial charge is 0.165 e. The molecule has 0 bridgehead atoms. The molecule has 1 aliphatic rings. The quantitative estimate of drug-likeness (QED) is 0.902. The van der Waals surface area contributed by atoms with E-state index in [1.54, 1.807) is 24.3 Å². The number of para-hydroxylation sites is 2. The molecule has 1 heterocycles. The number of ether oxygens (including phenoxy) is 2. The molecular weight excluding hydrogens is 247 g/mol. The number of fused-ring (bicyclic) bond motifs is 1. The maximum absolute atomic E-state index is 13.5. The molecule has 0 aromatic heterocycles. The van der Waals surface area contributed by atoms with Crippen molar-refractivity contribution in [1.29, 1.82) is 0 Å². The Bertz CT molecular complexity index is 585. The van der Waals surface area contributed by atoms with E-state index < -0.39 is 18.0 Å². The molecule has 19 heavy (non-hydrogen) atoms. The van der Waals surface area contributed by atoms with E-state index in [4.69, 9.17) is 9.47 Å². The zero-order valence-corrected chi connectivity index (χ0v) is 10.1. The van der Waals surface area contributed by atoms with Gasteiger partial charge in [0.1, 0.15) is 18.5 Å². The average molecular weight is 260 g/mol. The lowest BCUT2D eigenvalue weighted by Gasteiger charge is -2.30. The molecule has 0 fully saturated rings. The summed E-state index contributed by atoms with van der Waals surface area (Å²) in [4.78, 5) is 0. The molecule has 3 rings (SSSR count). The lowest BCUT2D eigenvalue weighted by atomic mass is 10.0. The lowest BCUT2D eigenvalue weighted by Crippen LogP contribution is -2.35. The van der Waals surface area contributed by atoms with E-state index in [0.29, 0.717) is 11.3 Å². The number of rotatable bonds is 2. The Hall–Kier alpha value is -2.07. The SMILES string of the molecule is OC1c2ccccc2OCC1Oc1ccccc1F. The van der Waals surface area contributed by atoms with Crippen LogP contribution < -0.4 is 9.47 Å². The molecule has 0 amide bonds. The van der Waals surface area contributed by atoms with Gasteiger partial charge in [0.15, 0.2) is 17.7 Å². The molecule has 0 spiro atoms. The van der Waals surface area contributed by atoms with E-state index in [0.717, 1.165) is 0 Å². The Morgan fingerprint density at radius 1 is 1.11 bits per heavy atom. The van der Waals surface area contributed by atoms with E-state index in [9.17, 15) is 9.50 Å². The van der Waals surface area contributed by atoms with Crippen LogP contribution in [0.1, 0.15) is 11.7 Å². The minimum Gasteiger partial charge on any atom is -0.489 e. The van der Waals surface area contributed by atoms with Crippen molar-refractivity contribution in [3.05, 3.63) is 59.9 Å². The van der Waals surface area contributed by atoms with Crippen molar-refractivity contribution in [2.24, 2.45) is 0 Å². The van der Waals surface area contributed by atoms with Crippen LogP contribution in [0, 0.1) is 5.82 Å². The maximum atomic E-state index is 13.5. The van der Waals surface area contributed by atoms with Crippen LogP contribution in [0.2, 0.25) is 0 Å². The second-order valence-electron chi connectivity index (χ2n) is 4.38. The summed E-state index contributed by atoms with van der Waals surface area (Å²) in [5.41, 5.74) is 0.662. The molecule has 3 nitrogen and oxygen atoms in total. The van der Waals surface area contributed by atoms with Crippen LogP contribution in [0.3, 0.4) is 0 Å². The minimum absolute atomic E-state index is 0.120. The molecule has 0 saturated heterocycles. The van der Waals surface area contributed by atoms with Crippen molar-refractivity contribution in [1.82, 2.24) is 0 Å². The van der Waals surface area contributed by atoms with Gasteiger partial charge in [0.2, 0.25) is 0 Å². The summed E-state index contributed by atoms with van der Waals surface area (Å²) < 4.78 is 24.5.